The average Bonchev–Trinajstić information content (AvgIpc) is 2.87. The Bertz CT molecular complexity index is 897. The molecule has 1 N–H and O–H groups in total. The number of nitrogens with zero attached hydrogens (tertiary/aromatic N) is 2. The number of nitrogens with one attached hydrogen (secondary N) is 1. The molecule has 1 fully saturated rings. The van der Waals surface area contributed by atoms with E-state index in [9.17, 15) is 14.0 Å². The molecule has 34 heavy (non-hydrogen) atoms. The van der Waals surface area contributed by atoms with Gasteiger partial charge in [0, 0.05) is 44.8 Å². The standard InChI is InChI=1S/C26H34FN3O4/c1-33-24-12-10-23(11-13-24)29-15-17-30(18-16-29)26(32)5-3-2-4-14-28-25(31)20-34-19-21-6-8-22(27)9-7-21/h6-13H,2-5,14-20H2,1H3,(H,28,31). The van der Waals surface area contributed by atoms with Crippen LogP contribution in [0.3, 0.4) is 0 Å². The van der Waals surface area contributed by atoms with Gasteiger partial charge in [0.05, 0.1) is 13.7 Å². The molecule has 0 unspecified atom stereocenters. The zero-order chi connectivity index (χ0) is 24.2. The van der Waals surface area contributed by atoms with Crippen LogP contribution in [-0.4, -0.2) is 63.2 Å². The maximum Gasteiger partial charge on any atom is 0.246 e. The molecule has 0 aliphatic carbocycles. The van der Waals surface area contributed by atoms with E-state index in [1.807, 2.05) is 29.2 Å². The van der Waals surface area contributed by atoms with Crippen LogP contribution in [0.5, 0.6) is 5.75 Å². The van der Waals surface area contributed by atoms with Gasteiger partial charge in [0.15, 0.2) is 0 Å². The van der Waals surface area contributed by atoms with Crippen LogP contribution in [0.2, 0.25) is 0 Å². The molecule has 1 aliphatic heterocycles. The molecule has 2 aromatic carbocycles. The molecular weight excluding hydrogens is 437 g/mol. The first kappa shape index (κ1) is 25.5. The number of carbonyl (C=O) groups is 2. The normalized spacial score (nSPS) is 13.6. The van der Waals surface area contributed by atoms with Crippen molar-refractivity contribution in [3.8, 4) is 5.75 Å². The molecule has 1 aliphatic rings. The summed E-state index contributed by atoms with van der Waals surface area (Å²) in [4.78, 5) is 28.6. The third-order valence-corrected chi connectivity index (χ3v) is 5.87. The molecule has 7 nitrogen and oxygen atoms in total. The SMILES string of the molecule is COc1ccc(N2CCN(C(=O)CCCCCNC(=O)COCc3ccc(F)cc3)CC2)cc1. The Morgan fingerprint density at radius 3 is 2.32 bits per heavy atom. The van der Waals surface area contributed by atoms with Gasteiger partial charge in [-0.15, -0.1) is 0 Å². The van der Waals surface area contributed by atoms with Crippen LogP contribution < -0.4 is 15.0 Å². The molecule has 0 bridgehead atoms. The van der Waals surface area contributed by atoms with E-state index >= 15 is 0 Å². The molecule has 3 rings (SSSR count). The third kappa shape index (κ3) is 8.33. The minimum absolute atomic E-state index is 0.0294. The lowest BCUT2D eigenvalue weighted by molar-refractivity contribution is -0.131. The number of methoxy groups -OCH3 is 1. The summed E-state index contributed by atoms with van der Waals surface area (Å²) in [6.07, 6.45) is 3.06. The molecule has 0 spiro atoms. The van der Waals surface area contributed by atoms with Gasteiger partial charge in [0.1, 0.15) is 18.2 Å². The first-order chi connectivity index (χ1) is 16.5. The van der Waals surface area contributed by atoms with Crippen LogP contribution in [0.1, 0.15) is 31.2 Å². The second-order valence-corrected chi connectivity index (χ2v) is 8.35. The van der Waals surface area contributed by atoms with Gasteiger partial charge in [-0.2, -0.15) is 0 Å². The first-order valence-corrected chi connectivity index (χ1v) is 11.8. The fourth-order valence-corrected chi connectivity index (χ4v) is 3.86. The zero-order valence-corrected chi connectivity index (χ0v) is 19.8. The highest BCUT2D eigenvalue weighted by Gasteiger charge is 2.20. The van der Waals surface area contributed by atoms with Gasteiger partial charge in [-0.05, 0) is 54.8 Å². The molecule has 2 amide bonds. The van der Waals surface area contributed by atoms with E-state index in [0.29, 0.717) is 13.0 Å². The minimum atomic E-state index is -0.296. The number of piperazine rings is 1. The largest absolute Gasteiger partial charge is 0.497 e. The van der Waals surface area contributed by atoms with Crippen LogP contribution in [0.15, 0.2) is 48.5 Å². The number of anilines is 1. The Kier molecular flexibility index (Phi) is 10.2. The lowest BCUT2D eigenvalue weighted by Gasteiger charge is -2.36. The summed E-state index contributed by atoms with van der Waals surface area (Å²) < 4.78 is 23.4. The van der Waals surface area contributed by atoms with E-state index in [1.165, 1.54) is 12.1 Å². The number of hydrogen-bond acceptors (Lipinski definition) is 5. The second kappa shape index (κ2) is 13.5. The van der Waals surface area contributed by atoms with Gasteiger partial charge in [-0.1, -0.05) is 18.6 Å². The van der Waals surface area contributed by atoms with E-state index in [4.69, 9.17) is 9.47 Å². The Labute approximate surface area is 200 Å². The maximum atomic E-state index is 12.9. The van der Waals surface area contributed by atoms with Crippen LogP contribution in [-0.2, 0) is 20.9 Å². The van der Waals surface area contributed by atoms with Crippen molar-refractivity contribution in [2.45, 2.75) is 32.3 Å². The average molecular weight is 472 g/mol. The van der Waals surface area contributed by atoms with Crippen molar-refractivity contribution < 1.29 is 23.5 Å². The number of unbranched alkanes of at least 4 members (excludes halogenated alkanes) is 2. The Morgan fingerprint density at radius 1 is 0.941 bits per heavy atom. The number of carbonyl (C=O) groups excluding carboxylic acids is 2. The quantitative estimate of drug-likeness (QED) is 0.481. The maximum absolute atomic E-state index is 12.9. The van der Waals surface area contributed by atoms with Gasteiger partial charge in [-0.25, -0.2) is 4.39 Å². The lowest BCUT2D eigenvalue weighted by Crippen LogP contribution is -2.48. The minimum Gasteiger partial charge on any atom is -0.497 e. The molecule has 8 heteroatoms. The Hall–Kier alpha value is -3.13. The molecule has 2 aromatic rings. The van der Waals surface area contributed by atoms with Crippen molar-refractivity contribution in [1.82, 2.24) is 10.2 Å². The van der Waals surface area contributed by atoms with E-state index in [1.54, 1.807) is 19.2 Å². The van der Waals surface area contributed by atoms with Crippen molar-refractivity contribution in [3.05, 3.63) is 59.9 Å². The highest BCUT2D eigenvalue weighted by atomic mass is 19.1. The lowest BCUT2D eigenvalue weighted by atomic mass is 10.1. The molecule has 0 atom stereocenters. The zero-order valence-electron chi connectivity index (χ0n) is 19.8. The molecule has 0 saturated carbocycles. The van der Waals surface area contributed by atoms with Crippen LogP contribution in [0.4, 0.5) is 10.1 Å². The Balaban J connectivity index is 1.20. The predicted octanol–water partition coefficient (Wildman–Crippen LogP) is 3.38. The van der Waals surface area contributed by atoms with Gasteiger partial charge in [-0.3, -0.25) is 9.59 Å². The third-order valence-electron chi connectivity index (χ3n) is 5.87. The van der Waals surface area contributed by atoms with Gasteiger partial charge in [0.2, 0.25) is 11.8 Å². The molecule has 0 radical (unpaired) electrons. The van der Waals surface area contributed by atoms with Crippen molar-refractivity contribution in [1.29, 1.82) is 0 Å². The second-order valence-electron chi connectivity index (χ2n) is 8.35. The smallest absolute Gasteiger partial charge is 0.246 e. The summed E-state index contributed by atoms with van der Waals surface area (Å²) in [5, 5.41) is 2.82. The molecule has 1 heterocycles. The summed E-state index contributed by atoms with van der Waals surface area (Å²) in [7, 11) is 1.66. The highest BCUT2D eigenvalue weighted by molar-refractivity contribution is 5.77. The van der Waals surface area contributed by atoms with E-state index in [0.717, 1.165) is 62.4 Å². The fourth-order valence-electron chi connectivity index (χ4n) is 3.86. The number of hydrogen-bond donors (Lipinski definition) is 1. The number of amides is 2. The number of ether oxygens (including phenoxy) is 2. The van der Waals surface area contributed by atoms with E-state index in [2.05, 4.69) is 10.2 Å². The van der Waals surface area contributed by atoms with Gasteiger partial charge < -0.3 is 24.6 Å². The monoisotopic (exact) mass is 471 g/mol. The van der Waals surface area contributed by atoms with Crippen LogP contribution >= 0.6 is 0 Å². The predicted molar refractivity (Wildman–Crippen MR) is 129 cm³/mol. The van der Waals surface area contributed by atoms with Crippen molar-refractivity contribution in [2.75, 3.05) is 51.3 Å². The Morgan fingerprint density at radius 2 is 1.65 bits per heavy atom. The van der Waals surface area contributed by atoms with Gasteiger partial charge >= 0.3 is 0 Å². The highest BCUT2D eigenvalue weighted by Crippen LogP contribution is 2.20. The topological polar surface area (TPSA) is 71.1 Å². The first-order valence-electron chi connectivity index (χ1n) is 11.8. The van der Waals surface area contributed by atoms with Crippen molar-refractivity contribution in [3.63, 3.8) is 0 Å². The summed E-state index contributed by atoms with van der Waals surface area (Å²) in [5.41, 5.74) is 1.97. The number of rotatable bonds is 12. The molecule has 0 aromatic heterocycles. The van der Waals surface area contributed by atoms with Crippen LogP contribution in [0, 0.1) is 5.82 Å². The molecule has 1 saturated heterocycles. The van der Waals surface area contributed by atoms with Crippen molar-refractivity contribution in [2.24, 2.45) is 0 Å². The van der Waals surface area contributed by atoms with E-state index in [-0.39, 0.29) is 30.8 Å². The summed E-state index contributed by atoms with van der Waals surface area (Å²) in [6, 6.07) is 14.0. The number of halogens is 1. The number of benzene rings is 2. The molecule has 184 valence electrons. The summed E-state index contributed by atoms with van der Waals surface area (Å²) in [6.45, 7) is 3.92. The van der Waals surface area contributed by atoms with E-state index < -0.39 is 0 Å². The summed E-state index contributed by atoms with van der Waals surface area (Å²) in [5.74, 6) is 0.573. The van der Waals surface area contributed by atoms with Gasteiger partial charge in [0.25, 0.3) is 0 Å². The summed E-state index contributed by atoms with van der Waals surface area (Å²) >= 11 is 0. The molecular formula is C26H34FN3O4. The van der Waals surface area contributed by atoms with Crippen LogP contribution in [0.25, 0.3) is 0 Å². The van der Waals surface area contributed by atoms with Crippen molar-refractivity contribution >= 4 is 17.5 Å². The fraction of sp³-hybridized carbons (Fsp3) is 0.462.